The van der Waals surface area contributed by atoms with Crippen LogP contribution in [0, 0.1) is 5.92 Å². The predicted octanol–water partition coefficient (Wildman–Crippen LogP) is 0.453. The van der Waals surface area contributed by atoms with Gasteiger partial charge in [0.1, 0.15) is 5.02 Å². The van der Waals surface area contributed by atoms with Crippen molar-refractivity contribution in [3.8, 4) is 0 Å². The Kier molecular flexibility index (Phi) is 5.01. The second-order valence-corrected chi connectivity index (χ2v) is 5.54. The normalized spacial score (nSPS) is 23.1. The summed E-state index contributed by atoms with van der Waals surface area (Å²) in [6, 6.07) is 0.206. The van der Waals surface area contributed by atoms with Crippen molar-refractivity contribution in [2.24, 2.45) is 11.7 Å². The number of piperidine rings is 1. The summed E-state index contributed by atoms with van der Waals surface area (Å²) in [7, 11) is 0. The number of aromatic nitrogens is 2. The molecular formula is C13H21ClN4O2. The molecule has 0 aromatic carbocycles. The fourth-order valence-electron chi connectivity index (χ4n) is 2.63. The molecule has 0 aliphatic carbocycles. The number of halogens is 1. The smallest absolute Gasteiger partial charge is 0.287 e. The molecule has 2 unspecified atom stereocenters. The van der Waals surface area contributed by atoms with Crippen molar-refractivity contribution in [3.05, 3.63) is 21.6 Å². The van der Waals surface area contributed by atoms with Crippen molar-refractivity contribution in [2.75, 3.05) is 24.6 Å². The number of nitrogens with zero attached hydrogens (tertiary/aromatic N) is 3. The van der Waals surface area contributed by atoms with Gasteiger partial charge < -0.3 is 15.7 Å². The van der Waals surface area contributed by atoms with E-state index in [0.29, 0.717) is 11.6 Å². The molecular weight excluding hydrogens is 280 g/mol. The van der Waals surface area contributed by atoms with Crippen molar-refractivity contribution in [3.63, 3.8) is 0 Å². The van der Waals surface area contributed by atoms with E-state index in [4.69, 9.17) is 22.4 Å². The van der Waals surface area contributed by atoms with Crippen LogP contribution in [0.15, 0.2) is 11.0 Å². The van der Waals surface area contributed by atoms with E-state index in [1.54, 1.807) is 6.20 Å². The maximum Gasteiger partial charge on any atom is 0.287 e. The molecule has 2 heterocycles. The van der Waals surface area contributed by atoms with Crippen LogP contribution in [0.4, 0.5) is 5.69 Å². The van der Waals surface area contributed by atoms with Gasteiger partial charge in [-0.25, -0.2) is 4.68 Å². The lowest BCUT2D eigenvalue weighted by molar-refractivity contribution is 0.266. The van der Waals surface area contributed by atoms with Gasteiger partial charge in [-0.1, -0.05) is 24.9 Å². The van der Waals surface area contributed by atoms with E-state index in [2.05, 4.69) is 16.9 Å². The lowest BCUT2D eigenvalue weighted by Crippen LogP contribution is -2.47. The average Bonchev–Trinajstić information content (AvgIpc) is 2.45. The maximum absolute atomic E-state index is 12.0. The summed E-state index contributed by atoms with van der Waals surface area (Å²) < 4.78 is 1.18. The first-order valence-electron chi connectivity index (χ1n) is 6.95. The van der Waals surface area contributed by atoms with Gasteiger partial charge in [-0.15, -0.1) is 0 Å². The molecule has 1 aliphatic rings. The van der Waals surface area contributed by atoms with Crippen LogP contribution in [-0.2, 0) is 6.54 Å². The summed E-state index contributed by atoms with van der Waals surface area (Å²) in [5.74, 6) is 0.402. The van der Waals surface area contributed by atoms with Gasteiger partial charge in [-0.05, 0) is 12.3 Å². The number of nitrogens with two attached hydrogens (primary N) is 1. The average molecular weight is 301 g/mol. The molecule has 0 saturated carbocycles. The van der Waals surface area contributed by atoms with Crippen LogP contribution in [0.25, 0.3) is 0 Å². The Morgan fingerprint density at radius 3 is 3.00 bits per heavy atom. The highest BCUT2D eigenvalue weighted by Crippen LogP contribution is 2.27. The number of hydrogen-bond donors (Lipinski definition) is 2. The summed E-state index contributed by atoms with van der Waals surface area (Å²) in [5.41, 5.74) is 6.40. The Morgan fingerprint density at radius 2 is 2.35 bits per heavy atom. The van der Waals surface area contributed by atoms with E-state index in [9.17, 15) is 4.79 Å². The molecule has 1 aromatic rings. The minimum Gasteiger partial charge on any atom is -0.394 e. The van der Waals surface area contributed by atoms with Crippen LogP contribution in [0.3, 0.4) is 0 Å². The molecule has 0 radical (unpaired) electrons. The molecule has 2 rings (SSSR count). The highest BCUT2D eigenvalue weighted by Gasteiger charge is 2.27. The molecule has 20 heavy (non-hydrogen) atoms. The molecule has 0 amide bonds. The highest BCUT2D eigenvalue weighted by atomic mass is 35.5. The fraction of sp³-hybridized carbons (Fsp3) is 0.692. The zero-order valence-corrected chi connectivity index (χ0v) is 12.4. The second kappa shape index (κ2) is 6.56. The molecule has 1 saturated heterocycles. The second-order valence-electron chi connectivity index (χ2n) is 5.16. The van der Waals surface area contributed by atoms with Gasteiger partial charge >= 0.3 is 0 Å². The van der Waals surface area contributed by atoms with Crippen LogP contribution in [-0.4, -0.2) is 40.6 Å². The summed E-state index contributed by atoms with van der Waals surface area (Å²) in [6.45, 7) is 3.71. The Morgan fingerprint density at radius 1 is 1.60 bits per heavy atom. The molecule has 6 nitrogen and oxygen atoms in total. The molecule has 3 N–H and O–H groups in total. The van der Waals surface area contributed by atoms with Gasteiger partial charge in [0.25, 0.3) is 5.56 Å². The minimum absolute atomic E-state index is 0.140. The van der Waals surface area contributed by atoms with Gasteiger partial charge in [0.15, 0.2) is 0 Å². The Balaban J connectivity index is 2.25. The Bertz CT molecular complexity index is 520. The molecule has 112 valence electrons. The molecule has 0 spiro atoms. The van der Waals surface area contributed by atoms with Crippen LogP contribution in [0.1, 0.15) is 19.8 Å². The van der Waals surface area contributed by atoms with Crippen molar-refractivity contribution in [2.45, 2.75) is 32.4 Å². The van der Waals surface area contributed by atoms with E-state index in [-0.39, 0.29) is 29.8 Å². The number of aliphatic hydroxyl groups excluding tert-OH is 1. The van der Waals surface area contributed by atoms with Crippen molar-refractivity contribution >= 4 is 17.3 Å². The van der Waals surface area contributed by atoms with E-state index >= 15 is 0 Å². The molecule has 1 aromatic heterocycles. The zero-order valence-electron chi connectivity index (χ0n) is 11.6. The zero-order chi connectivity index (χ0) is 14.7. The van der Waals surface area contributed by atoms with Crippen LogP contribution < -0.4 is 16.2 Å². The summed E-state index contributed by atoms with van der Waals surface area (Å²) >= 11 is 6.17. The van der Waals surface area contributed by atoms with Crippen molar-refractivity contribution in [1.82, 2.24) is 9.78 Å². The quantitative estimate of drug-likeness (QED) is 0.843. The fourth-order valence-corrected chi connectivity index (χ4v) is 2.90. The van der Waals surface area contributed by atoms with Gasteiger partial charge in [0.05, 0.1) is 25.0 Å². The van der Waals surface area contributed by atoms with Crippen LogP contribution in [0.2, 0.25) is 5.02 Å². The number of aliphatic hydroxyl groups is 1. The van der Waals surface area contributed by atoms with Gasteiger partial charge in [0, 0.05) is 19.1 Å². The molecule has 1 aliphatic heterocycles. The maximum atomic E-state index is 12.0. The Labute approximate surface area is 123 Å². The summed E-state index contributed by atoms with van der Waals surface area (Å²) in [5, 5.41) is 13.1. The van der Waals surface area contributed by atoms with Crippen LogP contribution in [0.5, 0.6) is 0 Å². The number of hydrogen-bond acceptors (Lipinski definition) is 5. The van der Waals surface area contributed by atoms with E-state index < -0.39 is 0 Å². The first kappa shape index (κ1) is 15.3. The van der Waals surface area contributed by atoms with Crippen molar-refractivity contribution < 1.29 is 5.11 Å². The minimum atomic E-state index is -0.360. The van der Waals surface area contributed by atoms with E-state index in [1.165, 1.54) is 4.68 Å². The van der Waals surface area contributed by atoms with E-state index in [0.717, 1.165) is 25.9 Å². The molecule has 1 fully saturated rings. The standard InChI is InChI=1S/C13H21ClN4O2/c1-2-9-8-17(4-3-10(9)15)11-7-16-18(5-6-19)13(20)12(11)14/h7,9-10,19H,2-6,8,15H2,1H3. The Hall–Kier alpha value is -1.11. The third-order valence-electron chi connectivity index (χ3n) is 3.94. The van der Waals surface area contributed by atoms with Gasteiger partial charge in [-0.2, -0.15) is 5.10 Å². The SMILES string of the molecule is CCC1CN(c2cnn(CCO)c(=O)c2Cl)CCC1N. The third kappa shape index (κ3) is 2.97. The molecule has 2 atom stereocenters. The largest absolute Gasteiger partial charge is 0.394 e. The van der Waals surface area contributed by atoms with E-state index in [1.807, 2.05) is 0 Å². The summed E-state index contributed by atoms with van der Waals surface area (Å²) in [4.78, 5) is 14.1. The van der Waals surface area contributed by atoms with Gasteiger partial charge in [0.2, 0.25) is 0 Å². The monoisotopic (exact) mass is 300 g/mol. The molecule has 7 heteroatoms. The summed E-state index contributed by atoms with van der Waals surface area (Å²) in [6.07, 6.45) is 3.49. The first-order chi connectivity index (χ1) is 9.58. The molecule has 0 bridgehead atoms. The third-order valence-corrected chi connectivity index (χ3v) is 4.29. The topological polar surface area (TPSA) is 84.4 Å². The van der Waals surface area contributed by atoms with Gasteiger partial charge in [-0.3, -0.25) is 4.79 Å². The highest BCUT2D eigenvalue weighted by molar-refractivity contribution is 6.33. The predicted molar refractivity (Wildman–Crippen MR) is 79.2 cm³/mol. The van der Waals surface area contributed by atoms with Crippen molar-refractivity contribution in [1.29, 1.82) is 0 Å². The number of anilines is 1. The first-order valence-corrected chi connectivity index (χ1v) is 7.33. The number of rotatable bonds is 4. The van der Waals surface area contributed by atoms with Crippen LogP contribution >= 0.6 is 11.6 Å². The lowest BCUT2D eigenvalue weighted by atomic mass is 9.90. The lowest BCUT2D eigenvalue weighted by Gasteiger charge is -2.38.